The van der Waals surface area contributed by atoms with Gasteiger partial charge >= 0.3 is 0 Å². The normalized spacial score (nSPS) is 9.45. The predicted octanol–water partition coefficient (Wildman–Crippen LogP) is 0.576. The fourth-order valence-corrected chi connectivity index (χ4v) is 1.63. The second-order valence-corrected chi connectivity index (χ2v) is 4.04. The number of terminal acetylenes is 1. The van der Waals surface area contributed by atoms with Gasteiger partial charge in [0, 0.05) is 5.56 Å². The van der Waals surface area contributed by atoms with E-state index in [1.807, 2.05) is 0 Å². The number of rotatable bonds is 6. The molecule has 1 aromatic rings. The third-order valence-corrected chi connectivity index (χ3v) is 2.48. The maximum atomic E-state index is 11.8. The van der Waals surface area contributed by atoms with E-state index in [-0.39, 0.29) is 35.2 Å². The Labute approximate surface area is 121 Å². The SMILES string of the molecule is C#CCNC(=O)c1cc(Cl)c(OCC(N)=O)c(OC)c1. The maximum Gasteiger partial charge on any atom is 0.255 e. The molecule has 0 fully saturated rings. The van der Waals surface area contributed by atoms with Gasteiger partial charge < -0.3 is 20.5 Å². The summed E-state index contributed by atoms with van der Waals surface area (Å²) in [6.07, 6.45) is 5.05. The lowest BCUT2D eigenvalue weighted by Gasteiger charge is -2.13. The fraction of sp³-hybridized carbons (Fsp3) is 0.231. The number of hydrogen-bond acceptors (Lipinski definition) is 4. The molecule has 6 nitrogen and oxygen atoms in total. The summed E-state index contributed by atoms with van der Waals surface area (Å²) in [6.45, 7) is -0.253. The first-order valence-corrected chi connectivity index (χ1v) is 5.87. The van der Waals surface area contributed by atoms with Crippen molar-refractivity contribution < 1.29 is 19.1 Å². The predicted molar refractivity (Wildman–Crippen MR) is 73.9 cm³/mol. The van der Waals surface area contributed by atoms with Crippen LogP contribution in [0.3, 0.4) is 0 Å². The standard InChI is InChI=1S/C13H13ClN2O4/c1-3-4-16-13(18)8-5-9(14)12(10(6-8)19-2)20-7-11(15)17/h1,5-6H,4,7H2,2H3,(H2,15,17)(H,16,18). The molecule has 3 N–H and O–H groups in total. The van der Waals surface area contributed by atoms with E-state index in [0.29, 0.717) is 0 Å². The number of amides is 2. The van der Waals surface area contributed by atoms with Crippen LogP contribution in [0.5, 0.6) is 11.5 Å². The smallest absolute Gasteiger partial charge is 0.255 e. The molecule has 106 valence electrons. The van der Waals surface area contributed by atoms with Crippen LogP contribution in [0.1, 0.15) is 10.4 Å². The molecule has 0 unspecified atom stereocenters. The minimum Gasteiger partial charge on any atom is -0.493 e. The quantitative estimate of drug-likeness (QED) is 0.751. The van der Waals surface area contributed by atoms with Gasteiger partial charge in [-0.15, -0.1) is 6.42 Å². The summed E-state index contributed by atoms with van der Waals surface area (Å²) in [5.74, 6) is 1.58. The lowest BCUT2D eigenvalue weighted by atomic mass is 10.2. The van der Waals surface area contributed by atoms with Crippen LogP contribution in [0.4, 0.5) is 0 Å². The summed E-state index contributed by atoms with van der Waals surface area (Å²) in [4.78, 5) is 22.5. The number of halogens is 1. The molecule has 0 aromatic heterocycles. The maximum absolute atomic E-state index is 11.8. The average molecular weight is 297 g/mol. The molecule has 0 aliphatic heterocycles. The zero-order valence-corrected chi connectivity index (χ0v) is 11.5. The fourth-order valence-electron chi connectivity index (χ4n) is 1.37. The molecule has 0 spiro atoms. The van der Waals surface area contributed by atoms with E-state index in [2.05, 4.69) is 11.2 Å². The van der Waals surface area contributed by atoms with Crippen LogP contribution in [0.2, 0.25) is 5.02 Å². The first kappa shape index (κ1) is 15.7. The third kappa shape index (κ3) is 4.07. The molecule has 0 atom stereocenters. The number of nitrogens with one attached hydrogen (secondary N) is 1. The Hall–Kier alpha value is -2.39. The van der Waals surface area contributed by atoms with Crippen molar-refractivity contribution in [1.29, 1.82) is 0 Å². The minimum absolute atomic E-state index is 0.0959. The lowest BCUT2D eigenvalue weighted by Crippen LogP contribution is -2.24. The molecule has 0 saturated heterocycles. The number of hydrogen-bond donors (Lipinski definition) is 2. The van der Waals surface area contributed by atoms with Gasteiger partial charge in [0.15, 0.2) is 18.1 Å². The Morgan fingerprint density at radius 2 is 2.20 bits per heavy atom. The van der Waals surface area contributed by atoms with Gasteiger partial charge in [0.05, 0.1) is 18.7 Å². The van der Waals surface area contributed by atoms with E-state index >= 15 is 0 Å². The molecule has 0 radical (unpaired) electrons. The second kappa shape index (κ2) is 7.26. The summed E-state index contributed by atoms with van der Waals surface area (Å²) in [5, 5.41) is 2.61. The molecule has 2 amide bonds. The average Bonchev–Trinajstić information content (AvgIpc) is 2.42. The highest BCUT2D eigenvalue weighted by Gasteiger charge is 2.16. The van der Waals surface area contributed by atoms with E-state index in [9.17, 15) is 9.59 Å². The number of methoxy groups -OCH3 is 1. The van der Waals surface area contributed by atoms with Crippen molar-refractivity contribution >= 4 is 23.4 Å². The van der Waals surface area contributed by atoms with Crippen molar-refractivity contribution in [1.82, 2.24) is 5.32 Å². The topological polar surface area (TPSA) is 90.6 Å². The zero-order valence-electron chi connectivity index (χ0n) is 10.7. The van der Waals surface area contributed by atoms with Gasteiger partial charge in [-0.3, -0.25) is 9.59 Å². The van der Waals surface area contributed by atoms with Crippen molar-refractivity contribution in [2.24, 2.45) is 5.73 Å². The van der Waals surface area contributed by atoms with Crippen molar-refractivity contribution in [3.05, 3.63) is 22.7 Å². The van der Waals surface area contributed by atoms with Crippen LogP contribution in [0, 0.1) is 12.3 Å². The van der Waals surface area contributed by atoms with Crippen LogP contribution in [0.25, 0.3) is 0 Å². The van der Waals surface area contributed by atoms with Gasteiger partial charge in [-0.05, 0) is 12.1 Å². The van der Waals surface area contributed by atoms with Gasteiger partial charge in [0.25, 0.3) is 11.8 Å². The van der Waals surface area contributed by atoms with Crippen molar-refractivity contribution in [2.75, 3.05) is 20.3 Å². The molecule has 0 heterocycles. The zero-order chi connectivity index (χ0) is 15.1. The van der Waals surface area contributed by atoms with Crippen LogP contribution in [0.15, 0.2) is 12.1 Å². The monoisotopic (exact) mass is 296 g/mol. The minimum atomic E-state index is -0.654. The third-order valence-electron chi connectivity index (χ3n) is 2.20. The van der Waals surface area contributed by atoms with Gasteiger partial charge in [0.1, 0.15) is 0 Å². The Kier molecular flexibility index (Phi) is 5.69. The van der Waals surface area contributed by atoms with Crippen LogP contribution < -0.4 is 20.5 Å². The number of nitrogens with two attached hydrogens (primary N) is 1. The summed E-state index contributed by atoms with van der Waals surface area (Å²) < 4.78 is 10.2. The molecule has 0 aliphatic rings. The highest BCUT2D eigenvalue weighted by molar-refractivity contribution is 6.32. The molecule has 0 saturated carbocycles. The van der Waals surface area contributed by atoms with Crippen molar-refractivity contribution in [3.63, 3.8) is 0 Å². The van der Waals surface area contributed by atoms with Gasteiger partial charge in [0.2, 0.25) is 0 Å². The molecule has 0 bridgehead atoms. The molecular formula is C13H13ClN2O4. The van der Waals surface area contributed by atoms with Crippen molar-refractivity contribution in [3.8, 4) is 23.8 Å². The Bertz CT molecular complexity index is 566. The Morgan fingerprint density at radius 3 is 2.75 bits per heavy atom. The largest absolute Gasteiger partial charge is 0.493 e. The van der Waals surface area contributed by atoms with Gasteiger partial charge in [-0.1, -0.05) is 17.5 Å². The number of benzene rings is 1. The summed E-state index contributed by atoms with van der Waals surface area (Å²) in [7, 11) is 1.38. The van der Waals surface area contributed by atoms with Crippen LogP contribution in [-0.2, 0) is 4.79 Å². The molecule has 20 heavy (non-hydrogen) atoms. The lowest BCUT2D eigenvalue weighted by molar-refractivity contribution is -0.119. The van der Waals surface area contributed by atoms with Gasteiger partial charge in [-0.2, -0.15) is 0 Å². The molecular weight excluding hydrogens is 284 g/mol. The van der Waals surface area contributed by atoms with E-state index in [1.54, 1.807) is 0 Å². The van der Waals surface area contributed by atoms with E-state index < -0.39 is 11.8 Å². The highest BCUT2D eigenvalue weighted by atomic mass is 35.5. The Balaban J connectivity index is 3.03. The summed E-state index contributed by atoms with van der Waals surface area (Å²) in [6, 6.07) is 2.81. The highest BCUT2D eigenvalue weighted by Crippen LogP contribution is 2.36. The van der Waals surface area contributed by atoms with Gasteiger partial charge in [-0.25, -0.2) is 0 Å². The second-order valence-electron chi connectivity index (χ2n) is 3.63. The first-order valence-electron chi connectivity index (χ1n) is 5.50. The molecule has 1 rings (SSSR count). The van der Waals surface area contributed by atoms with E-state index in [4.69, 9.17) is 33.2 Å². The van der Waals surface area contributed by atoms with Crippen LogP contribution >= 0.6 is 11.6 Å². The number of carbonyl (C=O) groups is 2. The Morgan fingerprint density at radius 1 is 1.50 bits per heavy atom. The first-order chi connectivity index (χ1) is 9.49. The number of primary amides is 1. The van der Waals surface area contributed by atoms with Crippen LogP contribution in [-0.4, -0.2) is 32.1 Å². The number of carbonyl (C=O) groups excluding carboxylic acids is 2. The van der Waals surface area contributed by atoms with Crippen molar-refractivity contribution in [2.45, 2.75) is 0 Å². The van der Waals surface area contributed by atoms with E-state index in [1.165, 1.54) is 19.2 Å². The molecule has 0 aliphatic carbocycles. The molecule has 1 aromatic carbocycles. The summed E-state index contributed by atoms with van der Waals surface area (Å²) >= 11 is 6.00. The van der Waals surface area contributed by atoms with E-state index in [0.717, 1.165) is 0 Å². The molecule has 7 heteroatoms. The summed E-state index contributed by atoms with van der Waals surface area (Å²) in [5.41, 5.74) is 5.24. The number of ether oxygens (including phenoxy) is 2.